The second-order valence-corrected chi connectivity index (χ2v) is 8.71. The van der Waals surface area contributed by atoms with E-state index in [-0.39, 0.29) is 16.8 Å². The predicted octanol–water partition coefficient (Wildman–Crippen LogP) is 1.98. The van der Waals surface area contributed by atoms with Crippen molar-refractivity contribution in [3.8, 4) is 17.2 Å². The molecule has 0 atom stereocenters. The first-order chi connectivity index (χ1) is 15.8. The van der Waals surface area contributed by atoms with Crippen molar-refractivity contribution >= 4 is 34.1 Å². The van der Waals surface area contributed by atoms with Crippen molar-refractivity contribution in [3.63, 3.8) is 0 Å². The van der Waals surface area contributed by atoms with E-state index in [1.807, 2.05) is 12.1 Å². The standard InChI is InChI=1S/C22H27ClN6O4/c1-22(2,31)12-24-4-5-26-21(30)20-13-11-27-19(23)10-15(13)29(28-20)16-9-17-14(8-18(16)32-3)25-6-7-33-17/h8-11,24-25,31H,4-7,12H2,1-3H3,(H,26,30). The van der Waals surface area contributed by atoms with Gasteiger partial charge in [0.15, 0.2) is 5.69 Å². The van der Waals surface area contributed by atoms with Gasteiger partial charge in [0.25, 0.3) is 5.91 Å². The number of nitrogens with zero attached hydrogens (tertiary/aromatic N) is 3. The number of hydrogen-bond acceptors (Lipinski definition) is 8. The van der Waals surface area contributed by atoms with Gasteiger partial charge in [0.05, 0.1) is 29.3 Å². The van der Waals surface area contributed by atoms with E-state index >= 15 is 0 Å². The third-order valence-corrected chi connectivity index (χ3v) is 5.28. The number of methoxy groups -OCH3 is 1. The van der Waals surface area contributed by atoms with Crippen LogP contribution in [0.4, 0.5) is 5.69 Å². The number of fused-ring (bicyclic) bond motifs is 2. The molecular weight excluding hydrogens is 448 g/mol. The van der Waals surface area contributed by atoms with Gasteiger partial charge in [-0.15, -0.1) is 0 Å². The van der Waals surface area contributed by atoms with Gasteiger partial charge in [-0.1, -0.05) is 11.6 Å². The lowest BCUT2D eigenvalue weighted by molar-refractivity contribution is 0.0800. The van der Waals surface area contributed by atoms with Crippen molar-refractivity contribution in [2.45, 2.75) is 19.4 Å². The molecule has 11 heteroatoms. The Morgan fingerprint density at radius 3 is 2.94 bits per heavy atom. The molecule has 3 heterocycles. The van der Waals surface area contributed by atoms with Gasteiger partial charge in [-0.3, -0.25) is 4.79 Å². The summed E-state index contributed by atoms with van der Waals surface area (Å²) in [6.07, 6.45) is 1.53. The molecule has 0 bridgehead atoms. The molecule has 176 valence electrons. The Morgan fingerprint density at radius 2 is 2.18 bits per heavy atom. The van der Waals surface area contributed by atoms with Gasteiger partial charge in [0.1, 0.15) is 28.9 Å². The third-order valence-electron chi connectivity index (χ3n) is 5.08. The number of carbonyl (C=O) groups is 1. The minimum atomic E-state index is -0.822. The number of benzene rings is 1. The van der Waals surface area contributed by atoms with Crippen LogP contribution in [0.15, 0.2) is 24.4 Å². The number of amides is 1. The number of aliphatic hydroxyl groups is 1. The average Bonchev–Trinajstić information content (AvgIpc) is 3.15. The molecule has 10 nitrogen and oxygen atoms in total. The van der Waals surface area contributed by atoms with Crippen molar-refractivity contribution in [2.75, 3.05) is 45.2 Å². The molecular formula is C22H27ClN6O4. The number of anilines is 1. The van der Waals surface area contributed by atoms with Crippen LogP contribution >= 0.6 is 11.6 Å². The maximum atomic E-state index is 12.9. The highest BCUT2D eigenvalue weighted by molar-refractivity contribution is 6.30. The summed E-state index contributed by atoms with van der Waals surface area (Å²) in [5.74, 6) is 0.888. The summed E-state index contributed by atoms with van der Waals surface area (Å²) in [5.41, 5.74) is 1.45. The van der Waals surface area contributed by atoms with E-state index in [1.54, 1.807) is 31.7 Å². The Kier molecular flexibility index (Phi) is 6.59. The van der Waals surface area contributed by atoms with Crippen molar-refractivity contribution in [2.24, 2.45) is 0 Å². The van der Waals surface area contributed by atoms with Gasteiger partial charge in [-0.2, -0.15) is 5.10 Å². The number of aromatic nitrogens is 3. The number of carbonyl (C=O) groups excluding carboxylic acids is 1. The molecule has 1 aliphatic heterocycles. The Labute approximate surface area is 196 Å². The van der Waals surface area contributed by atoms with Gasteiger partial charge in [-0.25, -0.2) is 9.67 Å². The fourth-order valence-corrected chi connectivity index (χ4v) is 3.71. The quantitative estimate of drug-likeness (QED) is 0.289. The van der Waals surface area contributed by atoms with Crippen LogP contribution < -0.4 is 25.4 Å². The molecule has 1 aliphatic rings. The van der Waals surface area contributed by atoms with Gasteiger partial charge in [0.2, 0.25) is 0 Å². The highest BCUT2D eigenvalue weighted by Crippen LogP contribution is 2.38. The molecule has 0 aliphatic carbocycles. The summed E-state index contributed by atoms with van der Waals surface area (Å²) in [6, 6.07) is 5.32. The normalized spacial score (nSPS) is 13.2. The summed E-state index contributed by atoms with van der Waals surface area (Å²) in [7, 11) is 1.57. The summed E-state index contributed by atoms with van der Waals surface area (Å²) < 4.78 is 13.0. The van der Waals surface area contributed by atoms with Crippen LogP contribution in [0.5, 0.6) is 11.5 Å². The SMILES string of the molecule is COc1cc2c(cc1-n1nc(C(=O)NCCNCC(C)(C)O)c3cnc(Cl)cc31)OCCN2. The van der Waals surface area contributed by atoms with E-state index in [2.05, 4.69) is 26.0 Å². The van der Waals surface area contributed by atoms with Gasteiger partial charge in [-0.05, 0) is 13.8 Å². The molecule has 3 aromatic rings. The highest BCUT2D eigenvalue weighted by atomic mass is 35.5. The second kappa shape index (κ2) is 9.42. The maximum Gasteiger partial charge on any atom is 0.272 e. The Bertz CT molecular complexity index is 1170. The molecule has 1 amide bonds. The highest BCUT2D eigenvalue weighted by Gasteiger charge is 2.23. The van der Waals surface area contributed by atoms with Crippen LogP contribution in [0.1, 0.15) is 24.3 Å². The van der Waals surface area contributed by atoms with E-state index in [0.717, 1.165) is 5.69 Å². The van der Waals surface area contributed by atoms with Crippen molar-refractivity contribution < 1.29 is 19.4 Å². The number of rotatable bonds is 8. The van der Waals surface area contributed by atoms with Crippen LogP contribution in [0, 0.1) is 0 Å². The minimum Gasteiger partial charge on any atom is -0.494 e. The first-order valence-electron chi connectivity index (χ1n) is 10.6. The zero-order chi connectivity index (χ0) is 23.6. The van der Waals surface area contributed by atoms with Crippen molar-refractivity contribution in [1.29, 1.82) is 0 Å². The Hall–Kier alpha value is -3.08. The molecule has 33 heavy (non-hydrogen) atoms. The first kappa shape index (κ1) is 23.1. The lowest BCUT2D eigenvalue weighted by Gasteiger charge is -2.21. The largest absolute Gasteiger partial charge is 0.494 e. The molecule has 0 spiro atoms. The Balaban J connectivity index is 1.66. The molecule has 0 saturated heterocycles. The fraction of sp³-hybridized carbons (Fsp3) is 0.409. The minimum absolute atomic E-state index is 0.218. The molecule has 4 rings (SSSR count). The van der Waals surface area contributed by atoms with Gasteiger partial charge >= 0.3 is 0 Å². The van der Waals surface area contributed by atoms with E-state index in [0.29, 0.717) is 60.9 Å². The molecule has 0 radical (unpaired) electrons. The molecule has 2 aromatic heterocycles. The zero-order valence-corrected chi connectivity index (χ0v) is 19.5. The third kappa shape index (κ3) is 5.13. The van der Waals surface area contributed by atoms with Gasteiger partial charge < -0.3 is 30.5 Å². The first-order valence-corrected chi connectivity index (χ1v) is 11.0. The van der Waals surface area contributed by atoms with Crippen molar-refractivity contribution in [3.05, 3.63) is 35.2 Å². The predicted molar refractivity (Wildman–Crippen MR) is 126 cm³/mol. The van der Waals surface area contributed by atoms with E-state index in [4.69, 9.17) is 21.1 Å². The Morgan fingerprint density at radius 1 is 1.36 bits per heavy atom. The van der Waals surface area contributed by atoms with E-state index < -0.39 is 5.60 Å². The van der Waals surface area contributed by atoms with Crippen LogP contribution in [0.3, 0.4) is 0 Å². The van der Waals surface area contributed by atoms with E-state index in [9.17, 15) is 9.90 Å². The summed E-state index contributed by atoms with van der Waals surface area (Å²) in [6.45, 7) is 5.96. The van der Waals surface area contributed by atoms with Crippen LogP contribution in [0.2, 0.25) is 5.15 Å². The smallest absolute Gasteiger partial charge is 0.272 e. The summed E-state index contributed by atoms with van der Waals surface area (Å²) >= 11 is 6.16. The van der Waals surface area contributed by atoms with Crippen LogP contribution in [-0.4, -0.2) is 71.3 Å². The number of pyridine rings is 1. The fourth-order valence-electron chi connectivity index (χ4n) is 3.56. The maximum absolute atomic E-state index is 12.9. The molecule has 0 unspecified atom stereocenters. The van der Waals surface area contributed by atoms with Crippen LogP contribution in [-0.2, 0) is 0 Å². The average molecular weight is 475 g/mol. The molecule has 4 N–H and O–H groups in total. The van der Waals surface area contributed by atoms with Crippen molar-refractivity contribution in [1.82, 2.24) is 25.4 Å². The monoisotopic (exact) mass is 474 g/mol. The second-order valence-electron chi connectivity index (χ2n) is 8.33. The molecule has 0 fully saturated rings. The molecule has 1 aromatic carbocycles. The lowest BCUT2D eigenvalue weighted by atomic mass is 10.1. The number of halogens is 1. The lowest BCUT2D eigenvalue weighted by Crippen LogP contribution is -2.39. The summed E-state index contributed by atoms with van der Waals surface area (Å²) in [5, 5.41) is 24.4. The topological polar surface area (TPSA) is 123 Å². The zero-order valence-electron chi connectivity index (χ0n) is 18.7. The van der Waals surface area contributed by atoms with E-state index in [1.165, 1.54) is 6.20 Å². The molecule has 0 saturated carbocycles. The van der Waals surface area contributed by atoms with Crippen LogP contribution in [0.25, 0.3) is 16.6 Å². The summed E-state index contributed by atoms with van der Waals surface area (Å²) in [4.78, 5) is 17.1. The number of hydrogen-bond donors (Lipinski definition) is 4. The number of ether oxygens (including phenoxy) is 2. The van der Waals surface area contributed by atoms with Gasteiger partial charge in [0, 0.05) is 50.6 Å². The number of nitrogens with one attached hydrogen (secondary N) is 3.